The first-order valence-corrected chi connectivity index (χ1v) is 12.6. The van der Waals surface area contributed by atoms with Crippen molar-refractivity contribution in [3.63, 3.8) is 0 Å². The number of alkyl carbamates (subject to hydrolysis) is 1. The second-order valence-electron chi connectivity index (χ2n) is 10.1. The minimum absolute atomic E-state index is 0.00607. The molecule has 0 aromatic heterocycles. The summed E-state index contributed by atoms with van der Waals surface area (Å²) in [6, 6.07) is -0.360. The molecule has 0 radical (unpaired) electrons. The molecule has 0 aromatic rings. The summed E-state index contributed by atoms with van der Waals surface area (Å²) in [5, 5.41) is 2.89. The van der Waals surface area contributed by atoms with Crippen LogP contribution >= 0.6 is 0 Å². The number of hydrogen-bond donors (Lipinski definition) is 1. The monoisotopic (exact) mass is 384 g/mol. The molecule has 7 heteroatoms. The zero-order chi connectivity index (χ0) is 19.9. The molecule has 3 atom stereocenters. The van der Waals surface area contributed by atoms with Crippen molar-refractivity contribution in [2.75, 3.05) is 6.54 Å². The Hall–Kier alpha value is -1.08. The largest absolute Gasteiger partial charge is 0.444 e. The molecule has 0 aliphatic carbocycles. The maximum absolute atomic E-state index is 12.8. The molecule has 2 fully saturated rings. The van der Waals surface area contributed by atoms with Crippen molar-refractivity contribution in [3.8, 4) is 0 Å². The lowest BCUT2D eigenvalue weighted by atomic mass is 9.97. The highest BCUT2D eigenvalue weighted by Crippen LogP contribution is 2.40. The van der Waals surface area contributed by atoms with E-state index in [0.717, 1.165) is 12.8 Å². The molecule has 0 bridgehead atoms. The Morgan fingerprint density at radius 2 is 1.73 bits per heavy atom. The van der Waals surface area contributed by atoms with Crippen molar-refractivity contribution in [2.24, 2.45) is 0 Å². The average Bonchev–Trinajstić information content (AvgIpc) is 2.82. The Morgan fingerprint density at radius 3 is 2.27 bits per heavy atom. The quantitative estimate of drug-likeness (QED) is 0.754. The minimum atomic E-state index is -1.87. The topological polar surface area (TPSA) is 67.9 Å². The molecule has 2 heterocycles. The predicted molar refractivity (Wildman–Crippen MR) is 105 cm³/mol. The van der Waals surface area contributed by atoms with Gasteiger partial charge in [-0.1, -0.05) is 20.8 Å². The van der Waals surface area contributed by atoms with Crippen molar-refractivity contribution < 1.29 is 18.8 Å². The van der Waals surface area contributed by atoms with Crippen LogP contribution in [0.3, 0.4) is 0 Å². The summed E-state index contributed by atoms with van der Waals surface area (Å²) in [5.74, 6) is -0.00607. The maximum atomic E-state index is 12.8. The van der Waals surface area contributed by atoms with Crippen molar-refractivity contribution in [1.29, 1.82) is 0 Å². The van der Waals surface area contributed by atoms with Gasteiger partial charge in [0.15, 0.2) is 8.32 Å². The molecule has 2 aliphatic heterocycles. The van der Waals surface area contributed by atoms with Gasteiger partial charge in [-0.25, -0.2) is 4.79 Å². The maximum Gasteiger partial charge on any atom is 0.408 e. The van der Waals surface area contributed by atoms with Gasteiger partial charge < -0.3 is 19.4 Å². The fourth-order valence-electron chi connectivity index (χ4n) is 3.38. The van der Waals surface area contributed by atoms with E-state index >= 15 is 0 Å². The second-order valence-corrected chi connectivity index (χ2v) is 14.8. The molecular weight excluding hydrogens is 348 g/mol. The van der Waals surface area contributed by atoms with Gasteiger partial charge in [0.05, 0.1) is 12.1 Å². The van der Waals surface area contributed by atoms with Gasteiger partial charge in [0, 0.05) is 6.54 Å². The average molecular weight is 385 g/mol. The first kappa shape index (κ1) is 21.2. The highest BCUT2D eigenvalue weighted by Gasteiger charge is 2.48. The number of ether oxygens (including phenoxy) is 1. The fourth-order valence-corrected chi connectivity index (χ4v) is 4.76. The molecular formula is C19H36N2O4Si. The summed E-state index contributed by atoms with van der Waals surface area (Å²) in [5.41, 5.74) is -0.569. The minimum Gasteiger partial charge on any atom is -0.444 e. The van der Waals surface area contributed by atoms with Gasteiger partial charge in [-0.2, -0.15) is 0 Å². The highest BCUT2D eigenvalue weighted by atomic mass is 28.4. The smallest absolute Gasteiger partial charge is 0.408 e. The summed E-state index contributed by atoms with van der Waals surface area (Å²) < 4.78 is 11.9. The lowest BCUT2D eigenvalue weighted by molar-refractivity contribution is -0.138. The summed E-state index contributed by atoms with van der Waals surface area (Å²) in [4.78, 5) is 26.7. The molecule has 2 amide bonds. The summed E-state index contributed by atoms with van der Waals surface area (Å²) in [6.07, 6.45) is 1.95. The Morgan fingerprint density at radius 1 is 1.12 bits per heavy atom. The lowest BCUT2D eigenvalue weighted by Gasteiger charge is -2.42. The number of carbonyl (C=O) groups is 2. The van der Waals surface area contributed by atoms with Crippen LogP contribution in [-0.4, -0.2) is 55.6 Å². The van der Waals surface area contributed by atoms with Crippen molar-refractivity contribution >= 4 is 20.3 Å². The van der Waals surface area contributed by atoms with E-state index in [1.807, 2.05) is 25.7 Å². The van der Waals surface area contributed by atoms with Gasteiger partial charge in [-0.3, -0.25) is 4.79 Å². The Kier molecular flexibility index (Phi) is 5.83. The van der Waals surface area contributed by atoms with Crippen LogP contribution in [0, 0.1) is 0 Å². The fraction of sp³-hybridized carbons (Fsp3) is 0.895. The van der Waals surface area contributed by atoms with E-state index in [1.54, 1.807) is 0 Å². The van der Waals surface area contributed by atoms with E-state index in [0.29, 0.717) is 13.0 Å². The number of nitrogens with one attached hydrogen (secondary N) is 1. The Bertz CT molecular complexity index is 551. The summed E-state index contributed by atoms with van der Waals surface area (Å²) >= 11 is 0. The zero-order valence-corrected chi connectivity index (χ0v) is 18.6. The number of rotatable bonds is 3. The van der Waals surface area contributed by atoms with Crippen LogP contribution in [0.1, 0.15) is 60.8 Å². The van der Waals surface area contributed by atoms with Gasteiger partial charge in [0.1, 0.15) is 11.6 Å². The van der Waals surface area contributed by atoms with E-state index < -0.39 is 26.1 Å². The number of amides is 2. The molecule has 2 saturated heterocycles. The molecule has 0 spiro atoms. The van der Waals surface area contributed by atoms with Crippen LogP contribution in [-0.2, 0) is 14.0 Å². The van der Waals surface area contributed by atoms with Crippen LogP contribution in [0.25, 0.3) is 0 Å². The van der Waals surface area contributed by atoms with Gasteiger partial charge in [0.25, 0.3) is 0 Å². The molecule has 6 nitrogen and oxygen atoms in total. The number of fused-ring (bicyclic) bond motifs is 1. The van der Waals surface area contributed by atoms with E-state index in [2.05, 4.69) is 39.2 Å². The van der Waals surface area contributed by atoms with E-state index in [1.165, 1.54) is 0 Å². The van der Waals surface area contributed by atoms with Crippen LogP contribution in [0.15, 0.2) is 0 Å². The zero-order valence-electron chi connectivity index (χ0n) is 17.6. The van der Waals surface area contributed by atoms with Crippen LogP contribution in [0.4, 0.5) is 4.79 Å². The molecule has 0 unspecified atom stereocenters. The summed E-state index contributed by atoms with van der Waals surface area (Å²) in [7, 11) is -1.87. The van der Waals surface area contributed by atoms with Gasteiger partial charge in [-0.15, -0.1) is 0 Å². The molecule has 26 heavy (non-hydrogen) atoms. The number of hydrogen-bond acceptors (Lipinski definition) is 4. The molecule has 0 saturated carbocycles. The Balaban J connectivity index is 1.98. The van der Waals surface area contributed by atoms with Crippen molar-refractivity contribution in [3.05, 3.63) is 0 Å². The van der Waals surface area contributed by atoms with Crippen molar-refractivity contribution in [2.45, 2.75) is 103 Å². The first-order chi connectivity index (χ1) is 11.7. The molecule has 2 aliphatic rings. The molecule has 0 aromatic carbocycles. The van der Waals surface area contributed by atoms with Crippen LogP contribution in [0.5, 0.6) is 0 Å². The second kappa shape index (κ2) is 7.15. The van der Waals surface area contributed by atoms with Gasteiger partial charge in [0.2, 0.25) is 5.91 Å². The van der Waals surface area contributed by atoms with E-state index in [4.69, 9.17) is 9.16 Å². The third-order valence-corrected chi connectivity index (χ3v) is 10.3. The van der Waals surface area contributed by atoms with E-state index in [-0.39, 0.29) is 23.1 Å². The predicted octanol–water partition coefficient (Wildman–Crippen LogP) is 3.66. The Labute approximate surface area is 159 Å². The molecule has 2 rings (SSSR count). The van der Waals surface area contributed by atoms with Crippen LogP contribution in [0.2, 0.25) is 18.1 Å². The highest BCUT2D eigenvalue weighted by molar-refractivity contribution is 6.74. The third kappa shape index (κ3) is 4.79. The summed E-state index contributed by atoms with van der Waals surface area (Å²) in [6.45, 7) is 17.4. The number of carbonyl (C=O) groups excluding carboxylic acids is 2. The number of piperidine rings is 1. The van der Waals surface area contributed by atoms with Crippen molar-refractivity contribution in [1.82, 2.24) is 10.2 Å². The normalized spacial score (nSPS) is 27.3. The third-order valence-electron chi connectivity index (χ3n) is 5.76. The van der Waals surface area contributed by atoms with Gasteiger partial charge >= 0.3 is 6.09 Å². The SMILES string of the molecule is CC(C)(C)OC(=O)N[C@H]1CC[C@H]2[C@@H](O[Si](C)(C)C(C)(C)C)CCN2C1=O. The van der Waals surface area contributed by atoms with Crippen LogP contribution < -0.4 is 5.32 Å². The van der Waals surface area contributed by atoms with E-state index in [9.17, 15) is 9.59 Å². The number of nitrogens with zero attached hydrogens (tertiary/aromatic N) is 1. The molecule has 150 valence electrons. The van der Waals surface area contributed by atoms with Gasteiger partial charge in [-0.05, 0) is 58.2 Å². The lowest BCUT2D eigenvalue weighted by Crippen LogP contribution is -2.57. The molecule has 1 N–H and O–H groups in total. The first-order valence-electron chi connectivity index (χ1n) is 9.69. The standard InChI is InChI=1S/C19H36N2O4Si/c1-18(2,3)24-17(23)20-13-9-10-14-15(11-12-21(14)16(13)22)25-26(7,8)19(4,5)6/h13-15H,9-12H2,1-8H3,(H,20,23)/t13-,14-,15-/m0/s1.